The van der Waals surface area contributed by atoms with Crippen LogP contribution in [0, 0.1) is 16.7 Å². The Bertz CT molecular complexity index is 565. The first-order valence-corrected chi connectivity index (χ1v) is 6.73. The minimum Gasteiger partial charge on any atom is -0.492 e. The van der Waals surface area contributed by atoms with Crippen LogP contribution in [0.15, 0.2) is 35.8 Å². The first kappa shape index (κ1) is 11.2. The third-order valence-corrected chi connectivity index (χ3v) is 3.96. The van der Waals surface area contributed by atoms with Crippen LogP contribution in [-0.4, -0.2) is 11.6 Å². The van der Waals surface area contributed by atoms with Crippen molar-refractivity contribution < 1.29 is 4.74 Å². The Morgan fingerprint density at radius 3 is 2.67 bits per heavy atom. The Morgan fingerprint density at radius 1 is 1.33 bits per heavy atom. The predicted molar refractivity (Wildman–Crippen MR) is 70.3 cm³/mol. The number of nitriles is 1. The summed E-state index contributed by atoms with van der Waals surface area (Å²) >= 11 is 1.62. The summed E-state index contributed by atoms with van der Waals surface area (Å²) in [6.07, 6.45) is 3.72. The van der Waals surface area contributed by atoms with Crippen LogP contribution in [0.4, 0.5) is 0 Å². The molecule has 0 radical (unpaired) electrons. The molecular weight excluding hydrogens is 244 g/mol. The fourth-order valence-corrected chi connectivity index (χ4v) is 2.37. The van der Waals surface area contributed by atoms with Gasteiger partial charge in [0, 0.05) is 17.1 Å². The molecule has 0 bridgehead atoms. The number of thiazole rings is 1. The van der Waals surface area contributed by atoms with Crippen LogP contribution >= 0.6 is 11.3 Å². The summed E-state index contributed by atoms with van der Waals surface area (Å²) in [4.78, 5) is 4.26. The fraction of sp³-hybridized carbons (Fsp3) is 0.286. The number of rotatable bonds is 4. The van der Waals surface area contributed by atoms with E-state index in [1.165, 1.54) is 0 Å². The molecule has 0 N–H and O–H groups in total. The molecule has 0 spiro atoms. The van der Waals surface area contributed by atoms with E-state index in [2.05, 4.69) is 11.1 Å². The van der Waals surface area contributed by atoms with Gasteiger partial charge < -0.3 is 4.74 Å². The van der Waals surface area contributed by atoms with Gasteiger partial charge in [-0.1, -0.05) is 0 Å². The highest BCUT2D eigenvalue weighted by molar-refractivity contribution is 7.13. The van der Waals surface area contributed by atoms with Gasteiger partial charge in [0.2, 0.25) is 0 Å². The first-order chi connectivity index (χ1) is 8.81. The highest BCUT2D eigenvalue weighted by Gasteiger charge is 2.44. The number of aromatic nitrogens is 1. The van der Waals surface area contributed by atoms with E-state index in [-0.39, 0.29) is 5.41 Å². The molecule has 1 fully saturated rings. The van der Waals surface area contributed by atoms with Crippen molar-refractivity contribution in [3.63, 3.8) is 0 Å². The SMILES string of the molecule is N#CC1(COc2ccc(-c3nccs3)cc2)CC1. The summed E-state index contributed by atoms with van der Waals surface area (Å²) < 4.78 is 5.66. The van der Waals surface area contributed by atoms with E-state index in [0.717, 1.165) is 29.2 Å². The summed E-state index contributed by atoms with van der Waals surface area (Å²) in [5.41, 5.74) is 0.882. The van der Waals surface area contributed by atoms with Crippen molar-refractivity contribution in [2.75, 3.05) is 6.61 Å². The highest BCUT2D eigenvalue weighted by Crippen LogP contribution is 2.45. The van der Waals surface area contributed by atoms with Gasteiger partial charge in [-0.15, -0.1) is 11.3 Å². The Hall–Kier alpha value is -1.86. The van der Waals surface area contributed by atoms with Gasteiger partial charge in [-0.2, -0.15) is 5.26 Å². The zero-order chi connectivity index (χ0) is 12.4. The van der Waals surface area contributed by atoms with Crippen molar-refractivity contribution in [2.45, 2.75) is 12.8 Å². The van der Waals surface area contributed by atoms with Gasteiger partial charge in [-0.05, 0) is 37.1 Å². The lowest BCUT2D eigenvalue weighted by atomic mass is 10.1. The minimum atomic E-state index is -0.214. The maximum Gasteiger partial charge on any atom is 0.123 e. The lowest BCUT2D eigenvalue weighted by Gasteiger charge is -2.09. The van der Waals surface area contributed by atoms with Gasteiger partial charge in [-0.25, -0.2) is 4.98 Å². The van der Waals surface area contributed by atoms with Crippen LogP contribution in [0.25, 0.3) is 10.6 Å². The van der Waals surface area contributed by atoms with Gasteiger partial charge in [-0.3, -0.25) is 0 Å². The molecule has 1 heterocycles. The lowest BCUT2D eigenvalue weighted by Crippen LogP contribution is -2.10. The normalized spacial score (nSPS) is 15.9. The molecule has 1 aliphatic rings. The molecular formula is C14H12N2OS. The topological polar surface area (TPSA) is 45.9 Å². The van der Waals surface area contributed by atoms with Crippen molar-refractivity contribution in [2.24, 2.45) is 5.41 Å². The Kier molecular flexibility index (Phi) is 2.77. The molecule has 90 valence electrons. The van der Waals surface area contributed by atoms with Crippen LogP contribution in [0.1, 0.15) is 12.8 Å². The average molecular weight is 256 g/mol. The standard InChI is InChI=1S/C14H12N2OS/c15-9-14(5-6-14)10-17-12-3-1-11(2-4-12)13-16-7-8-18-13/h1-4,7-8H,5-6,10H2. The largest absolute Gasteiger partial charge is 0.492 e. The Balaban J connectivity index is 1.67. The van der Waals surface area contributed by atoms with Crippen LogP contribution in [-0.2, 0) is 0 Å². The molecule has 1 aromatic carbocycles. The first-order valence-electron chi connectivity index (χ1n) is 5.85. The second-order valence-corrected chi connectivity index (χ2v) is 5.44. The number of hydrogen-bond donors (Lipinski definition) is 0. The summed E-state index contributed by atoms with van der Waals surface area (Å²) in [6, 6.07) is 10.2. The van der Waals surface area contributed by atoms with Crippen molar-refractivity contribution >= 4 is 11.3 Å². The second kappa shape index (κ2) is 4.43. The molecule has 3 rings (SSSR count). The molecule has 18 heavy (non-hydrogen) atoms. The van der Waals surface area contributed by atoms with E-state index in [4.69, 9.17) is 10.00 Å². The van der Waals surface area contributed by atoms with Crippen molar-refractivity contribution in [1.29, 1.82) is 5.26 Å². The van der Waals surface area contributed by atoms with Gasteiger partial charge in [0.1, 0.15) is 17.4 Å². The van der Waals surface area contributed by atoms with E-state index in [9.17, 15) is 0 Å². The lowest BCUT2D eigenvalue weighted by molar-refractivity contribution is 0.269. The average Bonchev–Trinajstić information content (AvgIpc) is 3.00. The van der Waals surface area contributed by atoms with Gasteiger partial charge in [0.25, 0.3) is 0 Å². The third-order valence-electron chi connectivity index (χ3n) is 3.14. The maximum absolute atomic E-state index is 8.97. The van der Waals surface area contributed by atoms with Gasteiger partial charge in [0.15, 0.2) is 0 Å². The molecule has 0 unspecified atom stereocenters. The summed E-state index contributed by atoms with van der Waals surface area (Å²) in [7, 11) is 0. The molecule has 0 saturated heterocycles. The smallest absolute Gasteiger partial charge is 0.123 e. The Morgan fingerprint density at radius 2 is 2.11 bits per heavy atom. The van der Waals surface area contributed by atoms with Crippen molar-refractivity contribution in [3.05, 3.63) is 35.8 Å². The maximum atomic E-state index is 8.97. The van der Waals surface area contributed by atoms with Gasteiger partial charge >= 0.3 is 0 Å². The van der Waals surface area contributed by atoms with E-state index in [1.807, 2.05) is 29.6 Å². The fourth-order valence-electron chi connectivity index (χ4n) is 1.72. The van der Waals surface area contributed by atoms with E-state index in [1.54, 1.807) is 17.5 Å². The molecule has 3 nitrogen and oxygen atoms in total. The van der Waals surface area contributed by atoms with E-state index in [0.29, 0.717) is 6.61 Å². The molecule has 0 amide bonds. The summed E-state index contributed by atoms with van der Waals surface area (Å²) in [5, 5.41) is 11.9. The molecule has 1 aliphatic carbocycles. The molecule has 2 aromatic rings. The van der Waals surface area contributed by atoms with Gasteiger partial charge in [0.05, 0.1) is 11.5 Å². The number of hydrogen-bond acceptors (Lipinski definition) is 4. The van der Waals surface area contributed by atoms with Crippen molar-refractivity contribution in [1.82, 2.24) is 4.98 Å². The Labute approximate surface area is 110 Å². The van der Waals surface area contributed by atoms with Crippen LogP contribution in [0.5, 0.6) is 5.75 Å². The molecule has 1 saturated carbocycles. The zero-order valence-corrected chi connectivity index (χ0v) is 10.6. The molecule has 4 heteroatoms. The number of ether oxygens (including phenoxy) is 1. The quantitative estimate of drug-likeness (QED) is 0.841. The van der Waals surface area contributed by atoms with E-state index >= 15 is 0 Å². The summed E-state index contributed by atoms with van der Waals surface area (Å²) in [6.45, 7) is 0.500. The third kappa shape index (κ3) is 2.22. The minimum absolute atomic E-state index is 0.214. The second-order valence-electron chi connectivity index (χ2n) is 4.54. The van der Waals surface area contributed by atoms with Crippen molar-refractivity contribution in [3.8, 4) is 22.4 Å². The molecule has 0 aliphatic heterocycles. The monoisotopic (exact) mass is 256 g/mol. The summed E-state index contributed by atoms with van der Waals surface area (Å²) in [5.74, 6) is 0.817. The van der Waals surface area contributed by atoms with E-state index < -0.39 is 0 Å². The van der Waals surface area contributed by atoms with Crippen LogP contribution in [0.2, 0.25) is 0 Å². The highest BCUT2D eigenvalue weighted by atomic mass is 32.1. The number of nitrogens with zero attached hydrogens (tertiary/aromatic N) is 2. The zero-order valence-electron chi connectivity index (χ0n) is 9.80. The van der Waals surface area contributed by atoms with Crippen LogP contribution < -0.4 is 4.74 Å². The number of benzene rings is 1. The van der Waals surface area contributed by atoms with Crippen LogP contribution in [0.3, 0.4) is 0 Å². The molecule has 1 aromatic heterocycles. The molecule has 0 atom stereocenters. The predicted octanol–water partition coefficient (Wildman–Crippen LogP) is 3.49.